The molecule has 1 aliphatic rings. The van der Waals surface area contributed by atoms with E-state index >= 15 is 0 Å². The number of aromatic nitrogens is 2. The molecule has 1 saturated heterocycles. The van der Waals surface area contributed by atoms with E-state index in [1.54, 1.807) is 0 Å². The highest BCUT2D eigenvalue weighted by Crippen LogP contribution is 2.13. The Morgan fingerprint density at radius 1 is 1.64 bits per heavy atom. The molecule has 0 amide bonds. The van der Waals surface area contributed by atoms with Crippen molar-refractivity contribution in [2.45, 2.75) is 6.04 Å². The molecule has 0 aromatic carbocycles. The summed E-state index contributed by atoms with van der Waals surface area (Å²) >= 11 is 0. The van der Waals surface area contributed by atoms with E-state index in [1.165, 1.54) is 0 Å². The lowest BCUT2D eigenvalue weighted by molar-refractivity contribution is 0.429. The van der Waals surface area contributed by atoms with E-state index in [1.807, 2.05) is 12.4 Å². The van der Waals surface area contributed by atoms with Crippen LogP contribution in [0.3, 0.4) is 0 Å². The van der Waals surface area contributed by atoms with Gasteiger partial charge in [0.25, 0.3) is 0 Å². The van der Waals surface area contributed by atoms with Crippen molar-refractivity contribution in [1.82, 2.24) is 15.5 Å². The average molecular weight is 152 g/mol. The van der Waals surface area contributed by atoms with Crippen molar-refractivity contribution in [3.63, 3.8) is 0 Å². The summed E-state index contributed by atoms with van der Waals surface area (Å²) in [5, 5.41) is 9.93. The first-order valence-corrected chi connectivity index (χ1v) is 3.80. The third-order valence-corrected chi connectivity index (χ3v) is 2.20. The second-order valence-electron chi connectivity index (χ2n) is 2.88. The van der Waals surface area contributed by atoms with Gasteiger partial charge in [0.15, 0.2) is 0 Å². The number of rotatable bonds is 2. The fourth-order valence-corrected chi connectivity index (χ4v) is 1.20. The summed E-state index contributed by atoms with van der Waals surface area (Å²) in [6.45, 7) is 2.17. The second-order valence-corrected chi connectivity index (χ2v) is 2.88. The molecule has 1 aliphatic heterocycles. The molecule has 0 saturated carbocycles. The Kier molecular flexibility index (Phi) is 1.54. The first-order chi connectivity index (χ1) is 5.38. The van der Waals surface area contributed by atoms with Gasteiger partial charge in [-0.05, 0) is 0 Å². The standard InChI is InChI=1S/C7H12N4/c1-11(6-2-8-3-6)7-4-9-10-5-7/h4-6,8H,2-3H2,1H3,(H,9,10). The van der Waals surface area contributed by atoms with Crippen LogP contribution in [0.25, 0.3) is 0 Å². The molecule has 0 aliphatic carbocycles. The number of anilines is 1. The molecule has 0 atom stereocenters. The zero-order chi connectivity index (χ0) is 7.68. The Morgan fingerprint density at radius 2 is 2.45 bits per heavy atom. The van der Waals surface area contributed by atoms with Crippen molar-refractivity contribution in [2.24, 2.45) is 0 Å². The molecular weight excluding hydrogens is 140 g/mol. The molecule has 0 unspecified atom stereocenters. The minimum atomic E-state index is 0.646. The fraction of sp³-hybridized carbons (Fsp3) is 0.571. The van der Waals surface area contributed by atoms with Gasteiger partial charge in [0.05, 0.1) is 17.9 Å². The lowest BCUT2D eigenvalue weighted by atomic mass is 10.1. The minimum Gasteiger partial charge on any atom is -0.367 e. The molecule has 0 bridgehead atoms. The van der Waals surface area contributed by atoms with Gasteiger partial charge in [0, 0.05) is 26.3 Å². The molecule has 60 valence electrons. The Bertz CT molecular complexity index is 214. The first-order valence-electron chi connectivity index (χ1n) is 3.80. The molecule has 1 aromatic rings. The van der Waals surface area contributed by atoms with Crippen LogP contribution in [0.15, 0.2) is 12.4 Å². The molecule has 4 heteroatoms. The van der Waals surface area contributed by atoms with Crippen molar-refractivity contribution < 1.29 is 0 Å². The van der Waals surface area contributed by atoms with E-state index in [0.29, 0.717) is 6.04 Å². The van der Waals surface area contributed by atoms with E-state index < -0.39 is 0 Å². The van der Waals surface area contributed by atoms with Gasteiger partial charge in [0.2, 0.25) is 0 Å². The number of H-pyrrole nitrogens is 1. The Balaban J connectivity index is 2.04. The van der Waals surface area contributed by atoms with Gasteiger partial charge in [-0.1, -0.05) is 0 Å². The van der Waals surface area contributed by atoms with Crippen LogP contribution in [0.4, 0.5) is 5.69 Å². The van der Waals surface area contributed by atoms with Gasteiger partial charge in [-0.15, -0.1) is 0 Å². The zero-order valence-corrected chi connectivity index (χ0v) is 6.54. The van der Waals surface area contributed by atoms with Crippen molar-refractivity contribution in [2.75, 3.05) is 25.0 Å². The third-order valence-electron chi connectivity index (χ3n) is 2.20. The number of hydrogen-bond donors (Lipinski definition) is 2. The van der Waals surface area contributed by atoms with Crippen molar-refractivity contribution in [1.29, 1.82) is 0 Å². The number of nitrogens with one attached hydrogen (secondary N) is 2. The van der Waals surface area contributed by atoms with Crippen LogP contribution < -0.4 is 10.2 Å². The zero-order valence-electron chi connectivity index (χ0n) is 6.54. The quantitative estimate of drug-likeness (QED) is 0.617. The van der Waals surface area contributed by atoms with Gasteiger partial charge in [0.1, 0.15) is 0 Å². The summed E-state index contributed by atoms with van der Waals surface area (Å²) in [5.41, 5.74) is 1.16. The third kappa shape index (κ3) is 1.09. The molecule has 11 heavy (non-hydrogen) atoms. The van der Waals surface area contributed by atoms with Gasteiger partial charge >= 0.3 is 0 Å². The first kappa shape index (κ1) is 6.67. The monoisotopic (exact) mass is 152 g/mol. The van der Waals surface area contributed by atoms with Crippen molar-refractivity contribution in [3.05, 3.63) is 12.4 Å². The van der Waals surface area contributed by atoms with Gasteiger partial charge in [-0.3, -0.25) is 5.10 Å². The highest BCUT2D eigenvalue weighted by Gasteiger charge is 2.21. The summed E-state index contributed by atoms with van der Waals surface area (Å²) in [4.78, 5) is 2.24. The Hall–Kier alpha value is -1.03. The molecule has 0 radical (unpaired) electrons. The molecule has 4 nitrogen and oxygen atoms in total. The van der Waals surface area contributed by atoms with Crippen molar-refractivity contribution >= 4 is 5.69 Å². The Morgan fingerprint density at radius 3 is 2.91 bits per heavy atom. The summed E-state index contributed by atoms with van der Waals surface area (Å²) in [6.07, 6.45) is 3.76. The summed E-state index contributed by atoms with van der Waals surface area (Å²) in [7, 11) is 2.09. The summed E-state index contributed by atoms with van der Waals surface area (Å²) in [6, 6.07) is 0.646. The van der Waals surface area contributed by atoms with Gasteiger partial charge in [-0.25, -0.2) is 0 Å². The van der Waals surface area contributed by atoms with Crippen LogP contribution in [0.1, 0.15) is 0 Å². The van der Waals surface area contributed by atoms with Crippen LogP contribution in [0.5, 0.6) is 0 Å². The van der Waals surface area contributed by atoms with Gasteiger partial charge < -0.3 is 10.2 Å². The number of hydrogen-bond acceptors (Lipinski definition) is 3. The maximum atomic E-state index is 3.90. The summed E-state index contributed by atoms with van der Waals surface area (Å²) < 4.78 is 0. The van der Waals surface area contributed by atoms with E-state index in [-0.39, 0.29) is 0 Å². The lowest BCUT2D eigenvalue weighted by Gasteiger charge is -2.36. The predicted molar refractivity (Wildman–Crippen MR) is 43.6 cm³/mol. The van der Waals surface area contributed by atoms with Crippen LogP contribution in [0.2, 0.25) is 0 Å². The van der Waals surface area contributed by atoms with Crippen LogP contribution in [0, 0.1) is 0 Å². The Labute approximate surface area is 65.6 Å². The van der Waals surface area contributed by atoms with Crippen molar-refractivity contribution in [3.8, 4) is 0 Å². The largest absolute Gasteiger partial charge is 0.367 e. The smallest absolute Gasteiger partial charge is 0.0750 e. The van der Waals surface area contributed by atoms with E-state index in [0.717, 1.165) is 18.8 Å². The molecule has 2 heterocycles. The predicted octanol–water partition coefficient (Wildman–Crippen LogP) is -0.182. The number of aromatic amines is 1. The molecule has 2 rings (SSSR count). The normalized spacial score (nSPS) is 17.9. The van der Waals surface area contributed by atoms with Crippen LogP contribution in [-0.4, -0.2) is 36.4 Å². The molecule has 1 fully saturated rings. The maximum absolute atomic E-state index is 3.90. The minimum absolute atomic E-state index is 0.646. The SMILES string of the molecule is CN(c1cn[nH]c1)C1CNC1. The number of nitrogens with zero attached hydrogens (tertiary/aromatic N) is 2. The molecule has 0 spiro atoms. The molecule has 2 N–H and O–H groups in total. The second kappa shape index (κ2) is 2.54. The maximum Gasteiger partial charge on any atom is 0.0750 e. The highest BCUT2D eigenvalue weighted by molar-refractivity contribution is 5.42. The molecule has 1 aromatic heterocycles. The lowest BCUT2D eigenvalue weighted by Crippen LogP contribution is -2.56. The highest BCUT2D eigenvalue weighted by atomic mass is 15.2. The van der Waals surface area contributed by atoms with E-state index in [9.17, 15) is 0 Å². The average Bonchev–Trinajstić information content (AvgIpc) is 2.32. The van der Waals surface area contributed by atoms with Crippen LogP contribution >= 0.6 is 0 Å². The van der Waals surface area contributed by atoms with Gasteiger partial charge in [-0.2, -0.15) is 5.10 Å². The fourth-order valence-electron chi connectivity index (χ4n) is 1.20. The number of likely N-dealkylation sites (N-methyl/N-ethyl adjacent to an activating group) is 1. The van der Waals surface area contributed by atoms with E-state index in [4.69, 9.17) is 0 Å². The van der Waals surface area contributed by atoms with Crippen LogP contribution in [-0.2, 0) is 0 Å². The summed E-state index contributed by atoms with van der Waals surface area (Å²) in [5.74, 6) is 0. The molecular formula is C7H12N4. The van der Waals surface area contributed by atoms with E-state index in [2.05, 4.69) is 27.5 Å². The topological polar surface area (TPSA) is 44.0 Å².